The van der Waals surface area contributed by atoms with Crippen molar-refractivity contribution in [1.29, 1.82) is 0 Å². The smallest absolute Gasteiger partial charge is 0.338 e. The Bertz CT molecular complexity index is 697. The minimum Gasteiger partial charge on any atom is -0.465 e. The highest BCUT2D eigenvalue weighted by molar-refractivity contribution is 8.38. The van der Waals surface area contributed by atoms with Crippen molar-refractivity contribution in [2.24, 2.45) is 4.99 Å². The molecule has 0 spiro atoms. The lowest BCUT2D eigenvalue weighted by molar-refractivity contribution is 0.0600. The first kappa shape index (κ1) is 21.3. The third-order valence-corrected chi connectivity index (χ3v) is 5.29. The van der Waals surface area contributed by atoms with Gasteiger partial charge in [-0.05, 0) is 36.9 Å². The predicted molar refractivity (Wildman–Crippen MR) is 112 cm³/mol. The molecule has 2 aromatic carbocycles. The second-order valence-electron chi connectivity index (χ2n) is 4.85. The van der Waals surface area contributed by atoms with Crippen LogP contribution in [-0.4, -0.2) is 23.7 Å². The van der Waals surface area contributed by atoms with Crippen LogP contribution in [0.3, 0.4) is 0 Å². The van der Waals surface area contributed by atoms with Crippen LogP contribution in [0, 0.1) is 6.92 Å². The van der Waals surface area contributed by atoms with Crippen molar-refractivity contribution in [3.8, 4) is 0 Å². The van der Waals surface area contributed by atoms with E-state index in [1.54, 1.807) is 29.6 Å². The average Bonchev–Trinajstić information content (AvgIpc) is 2.67. The van der Waals surface area contributed by atoms with Crippen molar-refractivity contribution >= 4 is 39.6 Å². The molecule has 3 nitrogen and oxygen atoms in total. The normalized spacial score (nSPS) is 10.7. The van der Waals surface area contributed by atoms with Gasteiger partial charge in [0.15, 0.2) is 0 Å². The van der Waals surface area contributed by atoms with Crippen LogP contribution in [0.4, 0.5) is 5.69 Å². The summed E-state index contributed by atoms with van der Waals surface area (Å²) in [6.07, 6.45) is 2.01. The summed E-state index contributed by atoms with van der Waals surface area (Å²) in [5.41, 5.74) is 3.72. The van der Waals surface area contributed by atoms with Crippen molar-refractivity contribution in [3.05, 3.63) is 65.2 Å². The van der Waals surface area contributed by atoms with Crippen LogP contribution in [0.15, 0.2) is 53.5 Å². The van der Waals surface area contributed by atoms with Crippen LogP contribution in [-0.2, 0) is 10.5 Å². The molecule has 0 N–H and O–H groups in total. The molecule has 2 rings (SSSR count). The summed E-state index contributed by atoms with van der Waals surface area (Å²) in [5.74, 6) is 0.374. The Hall–Kier alpha value is -1.72. The van der Waals surface area contributed by atoms with Gasteiger partial charge in [0.2, 0.25) is 0 Å². The fourth-order valence-electron chi connectivity index (χ4n) is 1.96. The van der Waals surface area contributed by atoms with E-state index in [2.05, 4.69) is 11.9 Å². The fraction of sp³-hybridized carbons (Fsp3) is 0.300. The summed E-state index contributed by atoms with van der Waals surface area (Å²) >= 11 is 3.23. The lowest BCUT2D eigenvalue weighted by atomic mass is 10.1. The molecule has 0 radical (unpaired) electrons. The molecule has 0 bridgehead atoms. The quantitative estimate of drug-likeness (QED) is 0.368. The predicted octanol–water partition coefficient (Wildman–Crippen LogP) is 6.09. The number of carbonyl (C=O) groups excluding carboxylic acids is 1. The second kappa shape index (κ2) is 11.8. The van der Waals surface area contributed by atoms with Gasteiger partial charge >= 0.3 is 5.97 Å². The van der Waals surface area contributed by atoms with Crippen molar-refractivity contribution in [2.45, 2.75) is 26.5 Å². The van der Waals surface area contributed by atoms with Gasteiger partial charge in [-0.3, -0.25) is 0 Å². The zero-order chi connectivity index (χ0) is 18.7. The molecule has 5 heteroatoms. The summed E-state index contributed by atoms with van der Waals surface area (Å²) in [5, 5.41) is 0. The second-order valence-corrected chi connectivity index (χ2v) is 6.87. The summed E-state index contributed by atoms with van der Waals surface area (Å²) in [6, 6.07) is 15.6. The van der Waals surface area contributed by atoms with Crippen molar-refractivity contribution in [1.82, 2.24) is 0 Å². The standard InChI is InChI=1S/C18H19NO2S2.C2H6/c1-13-8-10-15(11-9-13)19-18(22-3)23-12-14-6-4-5-7-16(14)17(20)21-2;1-2/h4-11H,12H2,1-3H3;1-2H3. The maximum atomic E-state index is 11.8. The summed E-state index contributed by atoms with van der Waals surface area (Å²) in [4.78, 5) is 16.5. The van der Waals surface area contributed by atoms with Crippen molar-refractivity contribution in [3.63, 3.8) is 0 Å². The maximum Gasteiger partial charge on any atom is 0.338 e. The Kier molecular flexibility index (Phi) is 10.0. The number of thioether (sulfide) groups is 2. The molecule has 0 aromatic heterocycles. The van der Waals surface area contributed by atoms with Gasteiger partial charge in [0.1, 0.15) is 4.38 Å². The molecule has 0 atom stereocenters. The Morgan fingerprint density at radius 2 is 1.72 bits per heavy atom. The van der Waals surface area contributed by atoms with Gasteiger partial charge in [-0.15, -0.1) is 11.8 Å². The third kappa shape index (κ3) is 6.96. The minimum absolute atomic E-state index is 0.303. The van der Waals surface area contributed by atoms with Gasteiger partial charge in [-0.1, -0.05) is 61.5 Å². The van der Waals surface area contributed by atoms with Gasteiger partial charge in [0.25, 0.3) is 0 Å². The molecule has 2 aromatic rings. The van der Waals surface area contributed by atoms with Crippen LogP contribution in [0.25, 0.3) is 0 Å². The highest BCUT2D eigenvalue weighted by atomic mass is 32.2. The lowest BCUT2D eigenvalue weighted by Gasteiger charge is -2.08. The molecule has 0 aliphatic heterocycles. The number of esters is 1. The Morgan fingerprint density at radius 3 is 2.32 bits per heavy atom. The van der Waals surface area contributed by atoms with E-state index in [0.29, 0.717) is 11.3 Å². The van der Waals surface area contributed by atoms with E-state index < -0.39 is 0 Å². The number of hydrogen-bond acceptors (Lipinski definition) is 5. The molecule has 0 saturated heterocycles. The van der Waals surface area contributed by atoms with Crippen LogP contribution < -0.4 is 0 Å². The van der Waals surface area contributed by atoms with Gasteiger partial charge in [-0.2, -0.15) is 0 Å². The molecule has 0 aliphatic rings. The van der Waals surface area contributed by atoms with E-state index in [-0.39, 0.29) is 5.97 Å². The maximum absolute atomic E-state index is 11.8. The fourth-order valence-corrected chi connectivity index (χ4v) is 3.50. The highest BCUT2D eigenvalue weighted by Crippen LogP contribution is 2.25. The molecular weight excluding hydrogens is 350 g/mol. The van der Waals surface area contributed by atoms with Crippen LogP contribution in [0.2, 0.25) is 0 Å². The van der Waals surface area contributed by atoms with E-state index in [1.165, 1.54) is 12.7 Å². The SMILES string of the molecule is CC.COC(=O)c1ccccc1CSC(=Nc1ccc(C)cc1)SC. The third-order valence-electron chi connectivity index (χ3n) is 3.20. The summed E-state index contributed by atoms with van der Waals surface area (Å²) in [7, 11) is 1.40. The number of aryl methyl sites for hydroxylation is 1. The molecule has 0 saturated carbocycles. The zero-order valence-electron chi connectivity index (χ0n) is 15.4. The number of rotatable bonds is 4. The van der Waals surface area contributed by atoms with E-state index >= 15 is 0 Å². The number of ether oxygens (including phenoxy) is 1. The lowest BCUT2D eigenvalue weighted by Crippen LogP contribution is -2.05. The van der Waals surface area contributed by atoms with Gasteiger partial charge in [-0.25, -0.2) is 9.79 Å². The van der Waals surface area contributed by atoms with E-state index in [4.69, 9.17) is 4.74 Å². The molecule has 25 heavy (non-hydrogen) atoms. The number of benzene rings is 2. The molecule has 0 unspecified atom stereocenters. The summed E-state index contributed by atoms with van der Waals surface area (Å²) < 4.78 is 5.80. The molecule has 0 heterocycles. The monoisotopic (exact) mass is 375 g/mol. The minimum atomic E-state index is -0.303. The number of methoxy groups -OCH3 is 1. The number of hydrogen-bond donors (Lipinski definition) is 0. The molecule has 0 aliphatic carbocycles. The van der Waals surface area contributed by atoms with E-state index in [1.807, 2.05) is 62.6 Å². The van der Waals surface area contributed by atoms with Gasteiger partial charge < -0.3 is 4.74 Å². The Balaban J connectivity index is 0.00000151. The molecular formula is C20H25NO2S2. The first-order valence-corrected chi connectivity index (χ1v) is 10.3. The van der Waals surface area contributed by atoms with Crippen LogP contribution >= 0.6 is 23.5 Å². The van der Waals surface area contributed by atoms with Crippen LogP contribution in [0.1, 0.15) is 35.3 Å². The van der Waals surface area contributed by atoms with Crippen molar-refractivity contribution in [2.75, 3.05) is 13.4 Å². The first-order valence-electron chi connectivity index (χ1n) is 8.12. The Labute approximate surface area is 159 Å². The molecule has 0 fully saturated rings. The molecule has 134 valence electrons. The zero-order valence-corrected chi connectivity index (χ0v) is 17.0. The first-order chi connectivity index (χ1) is 12.1. The largest absolute Gasteiger partial charge is 0.465 e. The van der Waals surface area contributed by atoms with Gasteiger partial charge in [0.05, 0.1) is 18.4 Å². The van der Waals surface area contributed by atoms with E-state index in [9.17, 15) is 4.79 Å². The van der Waals surface area contributed by atoms with Crippen molar-refractivity contribution < 1.29 is 9.53 Å². The van der Waals surface area contributed by atoms with Crippen LogP contribution in [0.5, 0.6) is 0 Å². The number of nitrogens with zero attached hydrogens (tertiary/aromatic N) is 1. The van der Waals surface area contributed by atoms with E-state index in [0.717, 1.165) is 15.6 Å². The number of carbonyl (C=O) groups is 1. The van der Waals surface area contributed by atoms with Gasteiger partial charge in [0, 0.05) is 5.75 Å². The Morgan fingerprint density at radius 1 is 1.08 bits per heavy atom. The molecule has 0 amide bonds. The summed E-state index contributed by atoms with van der Waals surface area (Å²) in [6.45, 7) is 6.06. The average molecular weight is 376 g/mol. The number of aliphatic imine (C=N–C) groups is 1. The highest BCUT2D eigenvalue weighted by Gasteiger charge is 2.11. The topological polar surface area (TPSA) is 38.7 Å².